The van der Waals surface area contributed by atoms with Crippen LogP contribution in [0.25, 0.3) is 0 Å². The Labute approximate surface area is 143 Å². The molecule has 6 heteroatoms. The van der Waals surface area contributed by atoms with Gasteiger partial charge in [-0.3, -0.25) is 9.59 Å². The third kappa shape index (κ3) is 3.33. The molecule has 2 aromatic rings. The summed E-state index contributed by atoms with van der Waals surface area (Å²) in [5.41, 5.74) is 3.71. The summed E-state index contributed by atoms with van der Waals surface area (Å²) in [5, 5.41) is 1.81. The van der Waals surface area contributed by atoms with E-state index in [2.05, 4.69) is 4.98 Å². The average molecular weight is 346 g/mol. The number of carbonyl (C=O) groups is 2. The van der Waals surface area contributed by atoms with Gasteiger partial charge in [-0.25, -0.2) is 4.98 Å². The lowest BCUT2D eigenvalue weighted by Crippen LogP contribution is -2.25. The molecule has 4 nitrogen and oxygen atoms in total. The number of Topliss-reactive ketones (excluding diaryl/α,β-unsaturated/α-hetero) is 1. The van der Waals surface area contributed by atoms with Gasteiger partial charge in [0.15, 0.2) is 10.1 Å². The molecule has 1 aliphatic heterocycles. The van der Waals surface area contributed by atoms with Crippen LogP contribution in [-0.2, 0) is 11.2 Å². The molecular weight excluding hydrogens is 328 g/mol. The molecular formula is C17H18N2O2S2. The summed E-state index contributed by atoms with van der Waals surface area (Å²) in [6.07, 6.45) is 0.809. The molecule has 0 fully saturated rings. The van der Waals surface area contributed by atoms with E-state index >= 15 is 0 Å². The molecule has 0 saturated carbocycles. The van der Waals surface area contributed by atoms with Gasteiger partial charge in [-0.05, 0) is 44.0 Å². The first-order valence-electron chi connectivity index (χ1n) is 7.49. The van der Waals surface area contributed by atoms with Crippen LogP contribution in [0.1, 0.15) is 35.5 Å². The van der Waals surface area contributed by atoms with Crippen molar-refractivity contribution in [2.45, 2.75) is 36.8 Å². The van der Waals surface area contributed by atoms with Crippen LogP contribution in [-0.4, -0.2) is 28.5 Å². The largest absolute Gasteiger partial charge is 0.312 e. The highest BCUT2D eigenvalue weighted by atomic mass is 32.2. The van der Waals surface area contributed by atoms with Gasteiger partial charge >= 0.3 is 0 Å². The highest BCUT2D eigenvalue weighted by molar-refractivity contribution is 8.02. The summed E-state index contributed by atoms with van der Waals surface area (Å²) in [6, 6.07) is 5.65. The minimum Gasteiger partial charge on any atom is -0.312 e. The molecule has 1 unspecified atom stereocenters. The number of fused-ring (bicyclic) bond motifs is 1. The number of benzene rings is 1. The molecule has 0 spiro atoms. The van der Waals surface area contributed by atoms with Crippen molar-refractivity contribution in [3.63, 3.8) is 0 Å². The van der Waals surface area contributed by atoms with E-state index in [0.717, 1.165) is 27.7 Å². The number of thiazole rings is 1. The van der Waals surface area contributed by atoms with Crippen LogP contribution in [0.5, 0.6) is 0 Å². The Balaban J connectivity index is 1.77. The molecule has 0 radical (unpaired) electrons. The molecule has 1 aliphatic rings. The van der Waals surface area contributed by atoms with Crippen molar-refractivity contribution in [3.05, 3.63) is 40.4 Å². The Bertz CT molecular complexity index is 770. The Kier molecular flexibility index (Phi) is 4.55. The van der Waals surface area contributed by atoms with Crippen molar-refractivity contribution >= 4 is 40.5 Å². The molecule has 1 amide bonds. The maximum Gasteiger partial charge on any atom is 0.223 e. The number of rotatable bonds is 4. The highest BCUT2D eigenvalue weighted by Gasteiger charge is 2.24. The summed E-state index contributed by atoms with van der Waals surface area (Å²) < 4.78 is 0.923. The lowest BCUT2D eigenvalue weighted by Gasteiger charge is -2.15. The van der Waals surface area contributed by atoms with E-state index in [9.17, 15) is 9.59 Å². The molecule has 1 aromatic carbocycles. The molecule has 0 bridgehead atoms. The van der Waals surface area contributed by atoms with E-state index in [1.165, 1.54) is 11.8 Å². The molecule has 3 rings (SSSR count). The molecule has 0 N–H and O–H groups in total. The number of aryl methyl sites for hydroxylation is 1. The minimum atomic E-state index is -0.177. The molecule has 120 valence electrons. The molecule has 2 heterocycles. The van der Waals surface area contributed by atoms with Crippen LogP contribution in [0.4, 0.5) is 5.69 Å². The fourth-order valence-corrected chi connectivity index (χ4v) is 4.77. The van der Waals surface area contributed by atoms with E-state index in [-0.39, 0.29) is 16.9 Å². The topological polar surface area (TPSA) is 50.3 Å². The predicted octanol–water partition coefficient (Wildman–Crippen LogP) is 3.72. The zero-order valence-electron chi connectivity index (χ0n) is 13.3. The van der Waals surface area contributed by atoms with Gasteiger partial charge in [0.25, 0.3) is 0 Å². The summed E-state index contributed by atoms with van der Waals surface area (Å²) in [4.78, 5) is 30.4. The van der Waals surface area contributed by atoms with E-state index < -0.39 is 0 Å². The van der Waals surface area contributed by atoms with Crippen LogP contribution >= 0.6 is 23.1 Å². The number of hydrogen-bond donors (Lipinski definition) is 0. The first kappa shape index (κ1) is 16.2. The third-order valence-corrected chi connectivity index (χ3v) is 6.07. The van der Waals surface area contributed by atoms with Crippen LogP contribution < -0.4 is 4.90 Å². The van der Waals surface area contributed by atoms with Crippen molar-refractivity contribution in [2.24, 2.45) is 0 Å². The fourth-order valence-electron chi connectivity index (χ4n) is 2.71. The van der Waals surface area contributed by atoms with Crippen LogP contribution in [0.3, 0.4) is 0 Å². The zero-order valence-corrected chi connectivity index (χ0v) is 15.0. The van der Waals surface area contributed by atoms with Crippen molar-refractivity contribution in [1.29, 1.82) is 0 Å². The van der Waals surface area contributed by atoms with Gasteiger partial charge in [0.2, 0.25) is 5.91 Å². The number of anilines is 1. The summed E-state index contributed by atoms with van der Waals surface area (Å²) >= 11 is 3.07. The number of nitrogens with zero attached hydrogens (tertiary/aromatic N) is 2. The Morgan fingerprint density at radius 3 is 2.83 bits per heavy atom. The van der Waals surface area contributed by atoms with Gasteiger partial charge in [-0.2, -0.15) is 0 Å². The van der Waals surface area contributed by atoms with Gasteiger partial charge in [-0.15, -0.1) is 11.3 Å². The van der Waals surface area contributed by atoms with Gasteiger partial charge in [0.05, 0.1) is 5.25 Å². The lowest BCUT2D eigenvalue weighted by atomic mass is 10.0. The average Bonchev–Trinajstić information content (AvgIpc) is 3.11. The second-order valence-corrected chi connectivity index (χ2v) is 8.09. The Morgan fingerprint density at radius 1 is 1.39 bits per heavy atom. The summed E-state index contributed by atoms with van der Waals surface area (Å²) in [5.74, 6) is 0.151. The Morgan fingerprint density at radius 2 is 2.17 bits per heavy atom. The van der Waals surface area contributed by atoms with Gasteiger partial charge < -0.3 is 4.90 Å². The number of amides is 1. The third-order valence-electron chi connectivity index (χ3n) is 3.88. The number of aromatic nitrogens is 1. The summed E-state index contributed by atoms with van der Waals surface area (Å²) in [6.45, 7) is 6.14. The van der Waals surface area contributed by atoms with E-state index in [1.807, 2.05) is 37.4 Å². The lowest BCUT2D eigenvalue weighted by molar-refractivity contribution is -0.116. The molecule has 1 aromatic heterocycles. The quantitative estimate of drug-likeness (QED) is 0.625. The number of ketones is 1. The molecule has 0 aliphatic carbocycles. The van der Waals surface area contributed by atoms with Crippen molar-refractivity contribution in [3.8, 4) is 0 Å². The van der Waals surface area contributed by atoms with Gasteiger partial charge in [-0.1, -0.05) is 11.8 Å². The van der Waals surface area contributed by atoms with E-state index in [0.29, 0.717) is 12.1 Å². The molecule has 0 saturated heterocycles. The van der Waals surface area contributed by atoms with E-state index in [1.54, 1.807) is 23.2 Å². The monoisotopic (exact) mass is 346 g/mol. The van der Waals surface area contributed by atoms with Crippen molar-refractivity contribution < 1.29 is 9.59 Å². The van der Waals surface area contributed by atoms with Crippen molar-refractivity contribution in [1.82, 2.24) is 4.98 Å². The first-order valence-corrected chi connectivity index (χ1v) is 9.25. The predicted molar refractivity (Wildman–Crippen MR) is 94.7 cm³/mol. The number of carbonyl (C=O) groups excluding carboxylic acids is 2. The highest BCUT2D eigenvalue weighted by Crippen LogP contribution is 2.32. The Hall–Kier alpha value is -1.66. The minimum absolute atomic E-state index is 0.0471. The normalized spacial score (nSPS) is 14.7. The number of hydrogen-bond acceptors (Lipinski definition) is 5. The second kappa shape index (κ2) is 6.45. The van der Waals surface area contributed by atoms with Crippen LogP contribution in [0, 0.1) is 6.92 Å². The second-order valence-electron chi connectivity index (χ2n) is 5.64. The first-order chi connectivity index (χ1) is 11.0. The van der Waals surface area contributed by atoms with E-state index in [4.69, 9.17) is 0 Å². The van der Waals surface area contributed by atoms with Gasteiger partial charge in [0, 0.05) is 35.8 Å². The standard InChI is InChI=1S/C17H18N2O2S2/c1-10-9-22-17(18-10)23-11(2)16(21)14-4-5-15-13(8-14)6-7-19(15)12(3)20/h4-5,8-9,11H,6-7H2,1-3H3. The molecule has 1 atom stereocenters. The van der Waals surface area contributed by atoms with Crippen molar-refractivity contribution in [2.75, 3.05) is 11.4 Å². The maximum absolute atomic E-state index is 12.6. The summed E-state index contributed by atoms with van der Waals surface area (Å²) in [7, 11) is 0. The van der Waals surface area contributed by atoms with Crippen LogP contribution in [0.2, 0.25) is 0 Å². The van der Waals surface area contributed by atoms with Crippen LogP contribution in [0.15, 0.2) is 27.9 Å². The maximum atomic E-state index is 12.6. The SMILES string of the molecule is CC(=O)N1CCc2cc(C(=O)C(C)Sc3nc(C)cs3)ccc21. The number of thioether (sulfide) groups is 1. The molecule has 23 heavy (non-hydrogen) atoms. The van der Waals surface area contributed by atoms with Gasteiger partial charge in [0.1, 0.15) is 0 Å². The zero-order chi connectivity index (χ0) is 16.6. The fraction of sp³-hybridized carbons (Fsp3) is 0.353. The smallest absolute Gasteiger partial charge is 0.223 e.